The minimum Gasteiger partial charge on any atom is -0.493 e. The molecule has 0 atom stereocenters. The van der Waals surface area contributed by atoms with Gasteiger partial charge in [0, 0.05) is 0 Å². The molecule has 1 aliphatic rings. The number of carbonyl (C=O) groups is 2. The second kappa shape index (κ2) is 10.3. The SMILES string of the molecule is CCOC(=O)COc1c(Cl)cc(/C=C2/SC(=Nc3ccc(F)cc3)NC2=O)cc1OC. The molecular formula is C21H18ClFN2O5S. The third-order valence-electron chi connectivity index (χ3n) is 3.90. The van der Waals surface area contributed by atoms with Gasteiger partial charge in [-0.3, -0.25) is 4.79 Å². The summed E-state index contributed by atoms with van der Waals surface area (Å²) in [5.41, 5.74) is 1.10. The van der Waals surface area contributed by atoms with Crippen molar-refractivity contribution in [3.05, 3.63) is 57.7 Å². The fraction of sp³-hybridized carbons (Fsp3) is 0.190. The highest BCUT2D eigenvalue weighted by Gasteiger charge is 2.24. The van der Waals surface area contributed by atoms with Crippen molar-refractivity contribution >= 4 is 52.2 Å². The lowest BCUT2D eigenvalue weighted by Crippen LogP contribution is -2.19. The van der Waals surface area contributed by atoms with Gasteiger partial charge in [0.2, 0.25) is 0 Å². The first-order valence-electron chi connectivity index (χ1n) is 9.10. The molecule has 1 amide bonds. The van der Waals surface area contributed by atoms with Gasteiger partial charge in [-0.25, -0.2) is 14.2 Å². The van der Waals surface area contributed by atoms with Gasteiger partial charge < -0.3 is 19.5 Å². The van der Waals surface area contributed by atoms with Crippen LogP contribution in [0.1, 0.15) is 12.5 Å². The highest BCUT2D eigenvalue weighted by atomic mass is 35.5. The average molecular weight is 465 g/mol. The number of benzene rings is 2. The monoisotopic (exact) mass is 464 g/mol. The molecule has 0 spiro atoms. The molecule has 0 radical (unpaired) electrons. The first-order valence-corrected chi connectivity index (χ1v) is 10.3. The van der Waals surface area contributed by atoms with Gasteiger partial charge in [-0.1, -0.05) is 11.6 Å². The fourth-order valence-corrected chi connectivity index (χ4v) is 3.68. The van der Waals surface area contributed by atoms with E-state index in [1.165, 1.54) is 31.4 Å². The van der Waals surface area contributed by atoms with Crippen molar-refractivity contribution in [2.24, 2.45) is 4.99 Å². The van der Waals surface area contributed by atoms with Gasteiger partial charge in [-0.15, -0.1) is 0 Å². The van der Waals surface area contributed by atoms with Gasteiger partial charge in [0.05, 0.1) is 29.3 Å². The largest absolute Gasteiger partial charge is 0.493 e. The molecule has 2 aromatic carbocycles. The Hall–Kier alpha value is -3.04. The van der Waals surface area contributed by atoms with E-state index in [0.29, 0.717) is 27.1 Å². The van der Waals surface area contributed by atoms with Crippen LogP contribution in [-0.4, -0.2) is 37.4 Å². The standard InChI is InChI=1S/C21H18ClFN2O5S/c1-3-29-18(26)11-30-19-15(22)8-12(9-16(19)28-2)10-17-20(27)25-21(31-17)24-14-6-4-13(23)5-7-14/h4-10H,3,11H2,1-2H3,(H,24,25,27)/b17-10+. The summed E-state index contributed by atoms with van der Waals surface area (Å²) in [6.07, 6.45) is 1.62. The second-order valence-corrected chi connectivity index (χ2v) is 7.52. The lowest BCUT2D eigenvalue weighted by Gasteiger charge is -2.13. The van der Waals surface area contributed by atoms with Crippen LogP contribution in [0.2, 0.25) is 5.02 Å². The molecule has 2 aromatic rings. The minimum absolute atomic E-state index is 0.196. The van der Waals surface area contributed by atoms with E-state index >= 15 is 0 Å². The Kier molecular flexibility index (Phi) is 7.54. The van der Waals surface area contributed by atoms with Crippen LogP contribution in [0, 0.1) is 5.82 Å². The van der Waals surface area contributed by atoms with E-state index in [2.05, 4.69) is 10.3 Å². The van der Waals surface area contributed by atoms with Crippen molar-refractivity contribution in [1.82, 2.24) is 5.32 Å². The molecule has 0 bridgehead atoms. The maximum atomic E-state index is 13.0. The molecule has 0 unspecified atom stereocenters. The van der Waals surface area contributed by atoms with Crippen molar-refractivity contribution in [3.63, 3.8) is 0 Å². The molecule has 0 saturated carbocycles. The van der Waals surface area contributed by atoms with Gasteiger partial charge in [0.15, 0.2) is 23.3 Å². The maximum absolute atomic E-state index is 13.0. The first-order chi connectivity index (χ1) is 14.9. The number of aliphatic imine (C=N–C) groups is 1. The van der Waals surface area contributed by atoms with Gasteiger partial charge in [0.1, 0.15) is 5.82 Å². The smallest absolute Gasteiger partial charge is 0.344 e. The average Bonchev–Trinajstić information content (AvgIpc) is 3.07. The molecule has 0 aliphatic carbocycles. The topological polar surface area (TPSA) is 86.2 Å². The molecule has 1 aliphatic heterocycles. The lowest BCUT2D eigenvalue weighted by molar-refractivity contribution is -0.145. The molecule has 1 N–H and O–H groups in total. The van der Waals surface area contributed by atoms with Crippen LogP contribution in [0.5, 0.6) is 11.5 Å². The van der Waals surface area contributed by atoms with Crippen LogP contribution >= 0.6 is 23.4 Å². The van der Waals surface area contributed by atoms with E-state index in [1.807, 2.05) is 0 Å². The van der Waals surface area contributed by atoms with Gasteiger partial charge in [-0.2, -0.15) is 0 Å². The Morgan fingerprint density at radius 1 is 1.29 bits per heavy atom. The van der Waals surface area contributed by atoms with Crippen molar-refractivity contribution in [3.8, 4) is 11.5 Å². The number of amides is 1. The van der Waals surface area contributed by atoms with Crippen LogP contribution in [0.3, 0.4) is 0 Å². The quantitative estimate of drug-likeness (QED) is 0.485. The predicted molar refractivity (Wildman–Crippen MR) is 117 cm³/mol. The van der Waals surface area contributed by atoms with Gasteiger partial charge in [0.25, 0.3) is 5.91 Å². The molecule has 3 rings (SSSR count). The van der Waals surface area contributed by atoms with Crippen LogP contribution in [-0.2, 0) is 14.3 Å². The molecule has 10 heteroatoms. The number of halogens is 2. The summed E-state index contributed by atoms with van der Waals surface area (Å²) in [5, 5.41) is 3.24. The predicted octanol–water partition coefficient (Wildman–Crippen LogP) is 4.32. The number of rotatable bonds is 7. The van der Waals surface area contributed by atoms with Crippen molar-refractivity contribution in [1.29, 1.82) is 0 Å². The molecule has 1 saturated heterocycles. The Balaban J connectivity index is 1.79. The number of hydrogen-bond acceptors (Lipinski definition) is 7. The Labute approximate surface area is 187 Å². The molecule has 7 nitrogen and oxygen atoms in total. The summed E-state index contributed by atoms with van der Waals surface area (Å²) in [4.78, 5) is 28.5. The van der Waals surface area contributed by atoms with Gasteiger partial charge >= 0.3 is 5.97 Å². The lowest BCUT2D eigenvalue weighted by atomic mass is 10.2. The zero-order valence-electron chi connectivity index (χ0n) is 16.6. The third kappa shape index (κ3) is 5.99. The number of ether oxygens (including phenoxy) is 3. The van der Waals surface area contributed by atoms with Crippen LogP contribution in [0.15, 0.2) is 46.3 Å². The summed E-state index contributed by atoms with van der Waals surface area (Å²) in [7, 11) is 1.43. The number of amidine groups is 1. The Morgan fingerprint density at radius 3 is 2.71 bits per heavy atom. The fourth-order valence-electron chi connectivity index (χ4n) is 2.56. The van der Waals surface area contributed by atoms with Crippen LogP contribution < -0.4 is 14.8 Å². The Bertz CT molecular complexity index is 1060. The molecule has 1 fully saturated rings. The summed E-state index contributed by atoms with van der Waals surface area (Å²) in [6, 6.07) is 8.81. The Morgan fingerprint density at radius 2 is 2.03 bits per heavy atom. The summed E-state index contributed by atoms with van der Waals surface area (Å²) in [6.45, 7) is 1.62. The minimum atomic E-state index is -0.529. The first kappa shape index (κ1) is 22.6. The summed E-state index contributed by atoms with van der Waals surface area (Å²) < 4.78 is 28.6. The highest BCUT2D eigenvalue weighted by Crippen LogP contribution is 2.38. The van der Waals surface area contributed by atoms with E-state index in [0.717, 1.165) is 11.8 Å². The summed E-state index contributed by atoms with van der Waals surface area (Å²) >= 11 is 7.43. The van der Waals surface area contributed by atoms with E-state index in [-0.39, 0.29) is 35.7 Å². The molecule has 0 aromatic heterocycles. The van der Waals surface area contributed by atoms with Crippen LogP contribution in [0.4, 0.5) is 10.1 Å². The van der Waals surface area contributed by atoms with Crippen molar-refractivity contribution < 1.29 is 28.2 Å². The number of esters is 1. The number of carbonyl (C=O) groups excluding carboxylic acids is 2. The molecule has 162 valence electrons. The third-order valence-corrected chi connectivity index (χ3v) is 5.09. The number of nitrogens with zero attached hydrogens (tertiary/aromatic N) is 1. The number of methoxy groups -OCH3 is 1. The molecule has 31 heavy (non-hydrogen) atoms. The zero-order valence-corrected chi connectivity index (χ0v) is 18.2. The van der Waals surface area contributed by atoms with Crippen LogP contribution in [0.25, 0.3) is 6.08 Å². The van der Waals surface area contributed by atoms with Crippen molar-refractivity contribution in [2.45, 2.75) is 6.92 Å². The number of thioether (sulfide) groups is 1. The van der Waals surface area contributed by atoms with E-state index in [9.17, 15) is 14.0 Å². The maximum Gasteiger partial charge on any atom is 0.344 e. The van der Waals surface area contributed by atoms with E-state index in [1.54, 1.807) is 25.1 Å². The summed E-state index contributed by atoms with van der Waals surface area (Å²) in [5.74, 6) is -0.732. The highest BCUT2D eigenvalue weighted by molar-refractivity contribution is 8.18. The van der Waals surface area contributed by atoms with Gasteiger partial charge in [-0.05, 0) is 66.7 Å². The van der Waals surface area contributed by atoms with E-state index in [4.69, 9.17) is 25.8 Å². The molecule has 1 heterocycles. The molecular weight excluding hydrogens is 447 g/mol. The normalized spacial score (nSPS) is 15.8. The van der Waals surface area contributed by atoms with Crippen molar-refractivity contribution in [2.75, 3.05) is 20.3 Å². The number of hydrogen-bond donors (Lipinski definition) is 1. The zero-order chi connectivity index (χ0) is 22.4. The second-order valence-electron chi connectivity index (χ2n) is 6.09. The number of nitrogens with one attached hydrogen (secondary N) is 1. The van der Waals surface area contributed by atoms with E-state index < -0.39 is 5.97 Å².